The zero-order valence-electron chi connectivity index (χ0n) is 15.0. The molecular formula is C20H20F3NO3. The van der Waals surface area contributed by atoms with Crippen LogP contribution in [0.15, 0.2) is 48.5 Å². The number of halogens is 3. The van der Waals surface area contributed by atoms with Crippen molar-refractivity contribution in [1.29, 1.82) is 0 Å². The van der Waals surface area contributed by atoms with Gasteiger partial charge in [-0.2, -0.15) is 13.2 Å². The van der Waals surface area contributed by atoms with E-state index in [0.29, 0.717) is 5.69 Å². The Kier molecular flexibility index (Phi) is 6.60. The second kappa shape index (κ2) is 8.70. The molecule has 0 saturated carbocycles. The molecule has 0 aliphatic carbocycles. The molecule has 2 aromatic carbocycles. The van der Waals surface area contributed by atoms with Gasteiger partial charge in [-0.15, -0.1) is 0 Å². The van der Waals surface area contributed by atoms with Gasteiger partial charge in [0.15, 0.2) is 6.61 Å². The summed E-state index contributed by atoms with van der Waals surface area (Å²) in [6, 6.07) is 11.5. The fourth-order valence-electron chi connectivity index (χ4n) is 2.56. The standard InChI is InChI=1S/C20H20F3NO3/c1-3-13(2)14-8-5-7-11-17(14)24-18(25)12-27-19(26)15-9-4-6-10-16(15)20(21,22)23/h4-11,13H,3,12H2,1-2H3,(H,24,25)/t13-/m1/s1. The number of para-hydroxylation sites is 1. The van der Waals surface area contributed by atoms with Crippen molar-refractivity contribution in [2.24, 2.45) is 0 Å². The minimum atomic E-state index is -4.69. The fourth-order valence-corrected chi connectivity index (χ4v) is 2.56. The van der Waals surface area contributed by atoms with Crippen molar-refractivity contribution in [3.8, 4) is 0 Å². The predicted molar refractivity (Wildman–Crippen MR) is 95.5 cm³/mol. The lowest BCUT2D eigenvalue weighted by atomic mass is 9.97. The van der Waals surface area contributed by atoms with Crippen LogP contribution in [0.2, 0.25) is 0 Å². The van der Waals surface area contributed by atoms with E-state index in [0.717, 1.165) is 24.1 Å². The minimum Gasteiger partial charge on any atom is -0.452 e. The molecule has 0 aromatic heterocycles. The molecule has 0 unspecified atom stereocenters. The number of ether oxygens (including phenoxy) is 1. The SMILES string of the molecule is CC[C@@H](C)c1ccccc1NC(=O)COC(=O)c1ccccc1C(F)(F)F. The zero-order valence-corrected chi connectivity index (χ0v) is 15.0. The number of benzene rings is 2. The van der Waals surface area contributed by atoms with E-state index in [1.165, 1.54) is 12.1 Å². The predicted octanol–water partition coefficient (Wildman–Crippen LogP) is 5.01. The molecule has 0 aliphatic heterocycles. The maximum Gasteiger partial charge on any atom is 0.417 e. The Labute approximate surface area is 155 Å². The average molecular weight is 379 g/mol. The van der Waals surface area contributed by atoms with Gasteiger partial charge < -0.3 is 10.1 Å². The van der Waals surface area contributed by atoms with E-state index in [4.69, 9.17) is 4.74 Å². The van der Waals surface area contributed by atoms with Gasteiger partial charge in [0, 0.05) is 5.69 Å². The second-order valence-corrected chi connectivity index (χ2v) is 6.06. The summed E-state index contributed by atoms with van der Waals surface area (Å²) in [6.07, 6.45) is -3.82. The maximum atomic E-state index is 13.0. The van der Waals surface area contributed by atoms with Gasteiger partial charge in [-0.25, -0.2) is 4.79 Å². The molecule has 1 atom stereocenters. The first kappa shape index (κ1) is 20.5. The summed E-state index contributed by atoms with van der Waals surface area (Å²) in [7, 11) is 0. The largest absolute Gasteiger partial charge is 0.452 e. The normalized spacial score (nSPS) is 12.3. The lowest BCUT2D eigenvalue weighted by Gasteiger charge is -2.16. The molecule has 1 N–H and O–H groups in total. The first-order valence-corrected chi connectivity index (χ1v) is 8.46. The number of rotatable bonds is 6. The lowest BCUT2D eigenvalue weighted by Crippen LogP contribution is -2.23. The molecule has 0 heterocycles. The number of nitrogens with one attached hydrogen (secondary N) is 1. The van der Waals surface area contributed by atoms with Crippen molar-refractivity contribution in [3.05, 3.63) is 65.2 Å². The lowest BCUT2D eigenvalue weighted by molar-refractivity contribution is -0.138. The van der Waals surface area contributed by atoms with Gasteiger partial charge in [0.05, 0.1) is 11.1 Å². The van der Waals surface area contributed by atoms with Crippen LogP contribution >= 0.6 is 0 Å². The molecule has 4 nitrogen and oxygen atoms in total. The third-order valence-electron chi connectivity index (χ3n) is 4.16. The van der Waals surface area contributed by atoms with E-state index in [2.05, 4.69) is 5.32 Å². The van der Waals surface area contributed by atoms with Crippen LogP contribution in [-0.4, -0.2) is 18.5 Å². The number of hydrogen-bond acceptors (Lipinski definition) is 3. The molecule has 7 heteroatoms. The molecule has 0 aliphatic rings. The van der Waals surface area contributed by atoms with E-state index in [-0.39, 0.29) is 5.92 Å². The summed E-state index contributed by atoms with van der Waals surface area (Å²) < 4.78 is 43.7. The summed E-state index contributed by atoms with van der Waals surface area (Å²) in [4.78, 5) is 24.1. The highest BCUT2D eigenvalue weighted by Crippen LogP contribution is 2.32. The van der Waals surface area contributed by atoms with Gasteiger partial charge in [-0.1, -0.05) is 44.2 Å². The van der Waals surface area contributed by atoms with E-state index in [1.54, 1.807) is 12.1 Å². The first-order valence-electron chi connectivity index (χ1n) is 8.46. The van der Waals surface area contributed by atoms with Crippen LogP contribution in [0.5, 0.6) is 0 Å². The van der Waals surface area contributed by atoms with Crippen LogP contribution in [0.3, 0.4) is 0 Å². The highest BCUT2D eigenvalue weighted by atomic mass is 19.4. The van der Waals surface area contributed by atoms with Crippen molar-refractivity contribution in [3.63, 3.8) is 0 Å². The Bertz CT molecular complexity index is 818. The van der Waals surface area contributed by atoms with E-state index in [1.807, 2.05) is 26.0 Å². The van der Waals surface area contributed by atoms with Crippen LogP contribution in [-0.2, 0) is 15.7 Å². The number of carbonyl (C=O) groups excluding carboxylic acids is 2. The van der Waals surface area contributed by atoms with Crippen LogP contribution in [0, 0.1) is 0 Å². The number of amides is 1. The summed E-state index contributed by atoms with van der Waals surface area (Å²) in [6.45, 7) is 3.35. The van der Waals surface area contributed by atoms with E-state index in [9.17, 15) is 22.8 Å². The van der Waals surface area contributed by atoms with Crippen molar-refractivity contribution in [2.75, 3.05) is 11.9 Å². The van der Waals surface area contributed by atoms with Crippen molar-refractivity contribution in [1.82, 2.24) is 0 Å². The first-order chi connectivity index (χ1) is 12.7. The monoisotopic (exact) mass is 379 g/mol. The van der Waals surface area contributed by atoms with Gasteiger partial charge in [0.25, 0.3) is 5.91 Å². The molecule has 0 fully saturated rings. The third kappa shape index (κ3) is 5.32. The molecule has 2 rings (SSSR count). The molecule has 2 aromatic rings. The topological polar surface area (TPSA) is 55.4 Å². The molecule has 0 radical (unpaired) electrons. The fraction of sp³-hybridized carbons (Fsp3) is 0.300. The van der Waals surface area contributed by atoms with Gasteiger partial charge in [-0.05, 0) is 36.1 Å². The number of carbonyl (C=O) groups is 2. The van der Waals surface area contributed by atoms with Crippen LogP contribution in [0.4, 0.5) is 18.9 Å². The summed E-state index contributed by atoms with van der Waals surface area (Å²) >= 11 is 0. The van der Waals surface area contributed by atoms with Gasteiger partial charge >= 0.3 is 12.1 Å². The highest BCUT2D eigenvalue weighted by molar-refractivity contribution is 5.96. The molecule has 0 saturated heterocycles. The van der Waals surface area contributed by atoms with Gasteiger partial charge in [-0.3, -0.25) is 4.79 Å². The number of esters is 1. The second-order valence-electron chi connectivity index (χ2n) is 6.06. The highest BCUT2D eigenvalue weighted by Gasteiger charge is 2.35. The number of hydrogen-bond donors (Lipinski definition) is 1. The summed E-state index contributed by atoms with van der Waals surface area (Å²) in [5.74, 6) is -1.61. The Morgan fingerprint density at radius 3 is 2.37 bits per heavy atom. The Morgan fingerprint density at radius 2 is 1.70 bits per heavy atom. The zero-order chi connectivity index (χ0) is 20.0. The van der Waals surface area contributed by atoms with Crippen LogP contribution in [0.1, 0.15) is 47.7 Å². The Morgan fingerprint density at radius 1 is 1.07 bits per heavy atom. The van der Waals surface area contributed by atoms with Crippen molar-refractivity contribution in [2.45, 2.75) is 32.4 Å². The number of anilines is 1. The molecule has 27 heavy (non-hydrogen) atoms. The Hall–Kier alpha value is -2.83. The molecule has 0 bridgehead atoms. The average Bonchev–Trinajstić information content (AvgIpc) is 2.65. The number of alkyl halides is 3. The maximum absolute atomic E-state index is 13.0. The third-order valence-corrected chi connectivity index (χ3v) is 4.16. The summed E-state index contributed by atoms with van der Waals surface area (Å²) in [5.41, 5.74) is -0.207. The van der Waals surface area contributed by atoms with Crippen LogP contribution < -0.4 is 5.32 Å². The van der Waals surface area contributed by atoms with E-state index < -0.39 is 35.8 Å². The molecule has 1 amide bonds. The quantitative estimate of drug-likeness (QED) is 0.718. The molecular weight excluding hydrogens is 359 g/mol. The van der Waals surface area contributed by atoms with Crippen LogP contribution in [0.25, 0.3) is 0 Å². The Balaban J connectivity index is 2.04. The molecule has 144 valence electrons. The summed E-state index contributed by atoms with van der Waals surface area (Å²) in [5, 5.41) is 2.64. The van der Waals surface area contributed by atoms with Crippen molar-refractivity contribution < 1.29 is 27.5 Å². The van der Waals surface area contributed by atoms with Gasteiger partial charge in [0.1, 0.15) is 0 Å². The minimum absolute atomic E-state index is 0.211. The smallest absolute Gasteiger partial charge is 0.417 e. The van der Waals surface area contributed by atoms with Crippen molar-refractivity contribution >= 4 is 17.6 Å². The molecule has 0 spiro atoms. The van der Waals surface area contributed by atoms with E-state index >= 15 is 0 Å². The van der Waals surface area contributed by atoms with Gasteiger partial charge in [0.2, 0.25) is 0 Å².